The quantitative estimate of drug-likeness (QED) is 0.583. The smallest absolute Gasteiger partial charge is 0.405 e. The summed E-state index contributed by atoms with van der Waals surface area (Å²) in [6, 6.07) is 8.74. The fourth-order valence-corrected chi connectivity index (χ4v) is 7.09. The average Bonchev–Trinajstić information content (AvgIpc) is 3.00. The highest BCUT2D eigenvalue weighted by molar-refractivity contribution is 6.33. The van der Waals surface area contributed by atoms with E-state index in [-0.39, 0.29) is 11.7 Å². The highest BCUT2D eigenvalue weighted by atomic mass is 35.5. The lowest BCUT2D eigenvalue weighted by molar-refractivity contribution is -0.157. The van der Waals surface area contributed by atoms with E-state index in [4.69, 9.17) is 26.8 Å². The number of carbonyl (C=O) groups excluding carboxylic acids is 1. The second-order valence-corrected chi connectivity index (χ2v) is 10.9. The van der Waals surface area contributed by atoms with E-state index in [1.807, 2.05) is 13.0 Å². The van der Waals surface area contributed by atoms with Crippen LogP contribution in [0, 0.1) is 23.1 Å². The van der Waals surface area contributed by atoms with Crippen LogP contribution in [-0.4, -0.2) is 37.2 Å². The molecular weight excluding hydrogens is 455 g/mol. The van der Waals surface area contributed by atoms with Crippen LogP contribution < -0.4 is 10.5 Å². The van der Waals surface area contributed by atoms with Crippen molar-refractivity contribution in [3.8, 4) is 16.9 Å². The maximum absolute atomic E-state index is 15.8. The summed E-state index contributed by atoms with van der Waals surface area (Å²) in [5.74, 6) is 0.743. The van der Waals surface area contributed by atoms with Gasteiger partial charge in [-0.05, 0) is 81.1 Å². The van der Waals surface area contributed by atoms with Gasteiger partial charge in [0.05, 0.1) is 11.6 Å². The third kappa shape index (κ3) is 3.57. The topological polar surface area (TPSA) is 64.8 Å². The van der Waals surface area contributed by atoms with Gasteiger partial charge in [-0.15, -0.1) is 0 Å². The number of nitrogens with zero attached hydrogens (tertiary/aromatic N) is 1. The molecule has 0 radical (unpaired) electrons. The molecule has 6 rings (SSSR count). The molecule has 3 saturated heterocycles. The van der Waals surface area contributed by atoms with Crippen molar-refractivity contribution >= 4 is 17.7 Å². The van der Waals surface area contributed by atoms with Gasteiger partial charge in [-0.25, -0.2) is 9.18 Å². The van der Waals surface area contributed by atoms with E-state index < -0.39 is 17.1 Å². The molecule has 1 aliphatic carbocycles. The number of benzene rings is 2. The minimum atomic E-state index is -0.972. The summed E-state index contributed by atoms with van der Waals surface area (Å²) in [5.41, 5.74) is 7.02. The van der Waals surface area contributed by atoms with Gasteiger partial charge in [0.2, 0.25) is 0 Å². The molecule has 5 nitrogen and oxygen atoms in total. The molecule has 2 bridgehead atoms. The fraction of sp³-hybridized carbons (Fsp3) is 0.519. The van der Waals surface area contributed by atoms with Gasteiger partial charge >= 0.3 is 6.09 Å². The number of primary amides is 1. The Morgan fingerprint density at radius 1 is 1.21 bits per heavy atom. The SMILES string of the molecule is CCOc1ccc(-c2cc3c(cc2F)[C@@](OC(N)=O)([C@@H]2CN4CCC2CC4)C(C)(C)C3)c(Cl)c1. The van der Waals surface area contributed by atoms with E-state index in [0.717, 1.165) is 43.6 Å². The fourth-order valence-electron chi connectivity index (χ4n) is 6.81. The molecule has 2 N–H and O–H groups in total. The Labute approximate surface area is 205 Å². The van der Waals surface area contributed by atoms with Gasteiger partial charge in [0.25, 0.3) is 0 Å². The number of rotatable bonds is 5. The van der Waals surface area contributed by atoms with Crippen molar-refractivity contribution in [1.29, 1.82) is 0 Å². The van der Waals surface area contributed by atoms with Crippen LogP contribution in [0.5, 0.6) is 5.75 Å². The average molecular weight is 487 g/mol. The summed E-state index contributed by atoms with van der Waals surface area (Å²) in [6.45, 7) is 9.59. The van der Waals surface area contributed by atoms with Crippen molar-refractivity contribution in [3.63, 3.8) is 0 Å². The van der Waals surface area contributed by atoms with E-state index in [0.29, 0.717) is 40.8 Å². The first-order valence-corrected chi connectivity index (χ1v) is 12.5. The third-order valence-corrected chi connectivity index (χ3v) is 8.53. The minimum Gasteiger partial charge on any atom is -0.494 e. The van der Waals surface area contributed by atoms with Crippen LogP contribution in [0.3, 0.4) is 0 Å². The minimum absolute atomic E-state index is 0.0677. The molecule has 0 unspecified atom stereocenters. The van der Waals surface area contributed by atoms with E-state index in [2.05, 4.69) is 18.7 Å². The van der Waals surface area contributed by atoms with Gasteiger partial charge in [0.1, 0.15) is 17.2 Å². The summed E-state index contributed by atoms with van der Waals surface area (Å²) in [7, 11) is 0. The monoisotopic (exact) mass is 486 g/mol. The molecule has 0 aromatic heterocycles. The first-order chi connectivity index (χ1) is 16.2. The predicted molar refractivity (Wildman–Crippen MR) is 131 cm³/mol. The summed E-state index contributed by atoms with van der Waals surface area (Å²) < 4.78 is 27.4. The maximum atomic E-state index is 15.8. The van der Waals surface area contributed by atoms with Gasteiger partial charge in [-0.3, -0.25) is 0 Å². The zero-order chi connectivity index (χ0) is 24.3. The van der Waals surface area contributed by atoms with Crippen molar-refractivity contribution in [3.05, 3.63) is 52.3 Å². The third-order valence-electron chi connectivity index (χ3n) is 8.21. The van der Waals surface area contributed by atoms with Gasteiger partial charge in [-0.1, -0.05) is 25.4 Å². The van der Waals surface area contributed by atoms with E-state index >= 15 is 4.39 Å². The van der Waals surface area contributed by atoms with Gasteiger partial charge < -0.3 is 20.1 Å². The maximum Gasteiger partial charge on any atom is 0.405 e. The lowest BCUT2D eigenvalue weighted by atomic mass is 9.60. The summed E-state index contributed by atoms with van der Waals surface area (Å²) >= 11 is 6.53. The zero-order valence-electron chi connectivity index (χ0n) is 20.0. The van der Waals surface area contributed by atoms with Crippen molar-refractivity contribution in [2.24, 2.45) is 23.0 Å². The number of carbonyl (C=O) groups is 1. The Balaban J connectivity index is 1.64. The number of halogens is 2. The standard InChI is InChI=1S/C27H32ClFN2O3/c1-4-33-18-5-6-19(23(28)12-18)20-11-17-14-26(2,3)27(34-25(30)32,21(17)13-24(20)29)22-15-31-9-7-16(22)8-10-31/h5-6,11-13,16,22H,4,7-10,14-15H2,1-3H3,(H2,30,32)/t22-,27-/m1/s1. The van der Waals surface area contributed by atoms with E-state index in [1.54, 1.807) is 24.3 Å². The molecule has 0 saturated carbocycles. The van der Waals surface area contributed by atoms with Crippen LogP contribution in [0.2, 0.25) is 5.02 Å². The van der Waals surface area contributed by atoms with Gasteiger partial charge in [0.15, 0.2) is 0 Å². The highest BCUT2D eigenvalue weighted by Gasteiger charge is 2.63. The summed E-state index contributed by atoms with van der Waals surface area (Å²) in [5, 5.41) is 0.430. The number of amides is 1. The number of ether oxygens (including phenoxy) is 2. The lowest BCUT2D eigenvalue weighted by Crippen LogP contribution is -2.60. The van der Waals surface area contributed by atoms with Gasteiger partial charge in [0, 0.05) is 34.6 Å². The molecule has 3 aliphatic heterocycles. The van der Waals surface area contributed by atoms with Crippen LogP contribution in [0.15, 0.2) is 30.3 Å². The highest BCUT2D eigenvalue weighted by Crippen LogP contribution is 2.61. The molecular formula is C27H32ClFN2O3. The van der Waals surface area contributed by atoms with Crippen LogP contribution in [0.25, 0.3) is 11.1 Å². The molecule has 3 fully saturated rings. The number of hydrogen-bond acceptors (Lipinski definition) is 4. The first kappa shape index (κ1) is 23.4. The van der Waals surface area contributed by atoms with Crippen molar-refractivity contribution in [2.45, 2.75) is 45.6 Å². The van der Waals surface area contributed by atoms with Gasteiger partial charge in [-0.2, -0.15) is 0 Å². The Bertz CT molecular complexity index is 1130. The lowest BCUT2D eigenvalue weighted by Gasteiger charge is -2.55. The Morgan fingerprint density at radius 3 is 2.53 bits per heavy atom. The van der Waals surface area contributed by atoms with E-state index in [1.165, 1.54) is 0 Å². The summed E-state index contributed by atoms with van der Waals surface area (Å²) in [4.78, 5) is 14.7. The largest absolute Gasteiger partial charge is 0.494 e. The van der Waals surface area contributed by atoms with Crippen molar-refractivity contribution in [2.75, 3.05) is 26.2 Å². The van der Waals surface area contributed by atoms with Crippen LogP contribution in [0.4, 0.5) is 9.18 Å². The summed E-state index contributed by atoms with van der Waals surface area (Å²) in [6.07, 6.45) is 1.96. The van der Waals surface area contributed by atoms with Crippen LogP contribution in [0.1, 0.15) is 44.7 Å². The molecule has 34 heavy (non-hydrogen) atoms. The van der Waals surface area contributed by atoms with E-state index in [9.17, 15) is 4.79 Å². The molecule has 7 heteroatoms. The second-order valence-electron chi connectivity index (χ2n) is 10.5. The molecule has 182 valence electrons. The molecule has 4 aliphatic rings. The molecule has 2 atom stereocenters. The number of fused-ring (bicyclic) bond motifs is 4. The van der Waals surface area contributed by atoms with Crippen LogP contribution in [-0.2, 0) is 16.8 Å². The predicted octanol–water partition coefficient (Wildman–Crippen LogP) is 5.76. The first-order valence-electron chi connectivity index (χ1n) is 12.1. The molecule has 3 heterocycles. The molecule has 0 spiro atoms. The Kier molecular flexibility index (Phi) is 5.80. The van der Waals surface area contributed by atoms with Crippen molar-refractivity contribution in [1.82, 2.24) is 4.90 Å². The Hall–Kier alpha value is -2.31. The number of nitrogens with two attached hydrogens (primary N) is 1. The van der Waals surface area contributed by atoms with Crippen LogP contribution >= 0.6 is 11.6 Å². The molecule has 1 amide bonds. The molecule has 2 aromatic carbocycles. The zero-order valence-corrected chi connectivity index (χ0v) is 20.8. The Morgan fingerprint density at radius 2 is 1.94 bits per heavy atom. The normalized spacial score (nSPS) is 29.0. The van der Waals surface area contributed by atoms with Crippen molar-refractivity contribution < 1.29 is 18.7 Å². The number of hydrogen-bond donors (Lipinski definition) is 1. The number of piperidine rings is 3. The molecule has 2 aromatic rings. The second kappa shape index (κ2) is 8.42.